The second-order valence-corrected chi connectivity index (χ2v) is 7.87. The van der Waals surface area contributed by atoms with E-state index < -0.39 is 12.0 Å². The summed E-state index contributed by atoms with van der Waals surface area (Å²) in [6, 6.07) is -0.542. The Morgan fingerprint density at radius 3 is 2.76 bits per heavy atom. The summed E-state index contributed by atoms with van der Waals surface area (Å²) in [6.07, 6.45) is 11.1. The maximum atomic E-state index is 11.4. The fourth-order valence-corrected chi connectivity index (χ4v) is 3.70. The lowest BCUT2D eigenvalue weighted by Crippen LogP contribution is -2.40. The van der Waals surface area contributed by atoms with Gasteiger partial charge in [-0.1, -0.05) is 32.8 Å². The van der Waals surface area contributed by atoms with E-state index >= 15 is 0 Å². The van der Waals surface area contributed by atoms with E-state index in [4.69, 9.17) is 4.74 Å². The zero-order valence-corrected chi connectivity index (χ0v) is 19.3. The molecular formula is C22H37N3O3S. The van der Waals surface area contributed by atoms with Crippen molar-refractivity contribution in [3.8, 4) is 0 Å². The second-order valence-electron chi connectivity index (χ2n) is 7.01. The van der Waals surface area contributed by atoms with E-state index in [9.17, 15) is 9.90 Å². The van der Waals surface area contributed by atoms with Crippen molar-refractivity contribution in [1.29, 1.82) is 0 Å². The summed E-state index contributed by atoms with van der Waals surface area (Å²) in [5.74, 6) is 1.63. The number of carbonyl (C=O) groups is 1. The van der Waals surface area contributed by atoms with E-state index in [2.05, 4.69) is 36.6 Å². The largest absolute Gasteiger partial charge is 0.494 e. The first-order chi connectivity index (χ1) is 13.9. The molecule has 29 heavy (non-hydrogen) atoms. The van der Waals surface area contributed by atoms with Crippen molar-refractivity contribution < 1.29 is 14.6 Å². The SMILES string of the molecule is CCCCCOC1=C(C)CC=C(NCS/C=C(\NC)N(C)C(CC)C(=O)O)C=C1. The van der Waals surface area contributed by atoms with Gasteiger partial charge in [0.25, 0.3) is 0 Å². The lowest BCUT2D eigenvalue weighted by atomic mass is 10.2. The highest BCUT2D eigenvalue weighted by Crippen LogP contribution is 2.19. The van der Waals surface area contributed by atoms with Crippen LogP contribution in [-0.2, 0) is 9.53 Å². The fraction of sp³-hybridized carbons (Fsp3) is 0.591. The van der Waals surface area contributed by atoms with Gasteiger partial charge in [0, 0.05) is 25.2 Å². The number of aliphatic carboxylic acids is 1. The molecule has 1 rings (SSSR count). The molecule has 1 atom stereocenters. The minimum absolute atomic E-state index is 0.542. The van der Waals surface area contributed by atoms with Gasteiger partial charge in [0.1, 0.15) is 17.6 Å². The quantitative estimate of drug-likeness (QED) is 0.282. The summed E-state index contributed by atoms with van der Waals surface area (Å²) >= 11 is 1.59. The summed E-state index contributed by atoms with van der Waals surface area (Å²) in [5.41, 5.74) is 2.30. The van der Waals surface area contributed by atoms with Crippen LogP contribution in [0.15, 0.2) is 46.5 Å². The van der Waals surface area contributed by atoms with Gasteiger partial charge in [-0.15, -0.1) is 11.8 Å². The molecule has 0 amide bonds. The molecule has 1 aliphatic rings. The molecule has 0 aromatic heterocycles. The summed E-state index contributed by atoms with van der Waals surface area (Å²) in [4.78, 5) is 13.1. The smallest absolute Gasteiger partial charge is 0.326 e. The fourth-order valence-electron chi connectivity index (χ4n) is 2.92. The van der Waals surface area contributed by atoms with Crippen molar-refractivity contribution in [2.45, 2.75) is 58.9 Å². The number of hydrogen-bond acceptors (Lipinski definition) is 6. The molecule has 0 bridgehead atoms. The highest BCUT2D eigenvalue weighted by Gasteiger charge is 2.21. The van der Waals surface area contributed by atoms with Crippen molar-refractivity contribution in [2.24, 2.45) is 0 Å². The number of ether oxygens (including phenoxy) is 1. The maximum Gasteiger partial charge on any atom is 0.326 e. The van der Waals surface area contributed by atoms with Crippen LogP contribution in [0.5, 0.6) is 0 Å². The third kappa shape index (κ3) is 8.90. The van der Waals surface area contributed by atoms with Crippen molar-refractivity contribution in [2.75, 3.05) is 26.6 Å². The Labute approximate surface area is 180 Å². The van der Waals surface area contributed by atoms with Crippen molar-refractivity contribution in [1.82, 2.24) is 15.5 Å². The average Bonchev–Trinajstić information content (AvgIpc) is 2.87. The van der Waals surface area contributed by atoms with E-state index in [-0.39, 0.29) is 0 Å². The summed E-state index contributed by atoms with van der Waals surface area (Å²) in [7, 11) is 3.60. The second kappa shape index (κ2) is 14.0. The molecule has 1 aliphatic carbocycles. The molecule has 0 radical (unpaired) electrons. The van der Waals surface area contributed by atoms with E-state index in [1.54, 1.807) is 30.8 Å². The lowest BCUT2D eigenvalue weighted by molar-refractivity contribution is -0.142. The van der Waals surface area contributed by atoms with Crippen LogP contribution in [0.2, 0.25) is 0 Å². The van der Waals surface area contributed by atoms with E-state index in [0.717, 1.165) is 36.7 Å². The standard InChI is InChI=1S/C22H37N3O3S/c1-6-8-9-14-28-20-13-12-18(11-10-17(20)3)24-16-29-15-21(23-4)25(5)19(7-2)22(26)27/h11-13,15,19,23-24H,6-10,14,16H2,1-5H3,(H,26,27)/b21-15+. The van der Waals surface area contributed by atoms with Crippen LogP contribution in [0.25, 0.3) is 0 Å². The van der Waals surface area contributed by atoms with Gasteiger partial charge >= 0.3 is 5.97 Å². The molecule has 0 fully saturated rings. The van der Waals surface area contributed by atoms with Crippen LogP contribution in [0.1, 0.15) is 52.9 Å². The molecule has 6 nitrogen and oxygen atoms in total. The predicted octanol–water partition coefficient (Wildman–Crippen LogP) is 4.40. The Morgan fingerprint density at radius 1 is 1.38 bits per heavy atom. The molecule has 1 unspecified atom stereocenters. The Morgan fingerprint density at radius 2 is 2.14 bits per heavy atom. The molecule has 3 N–H and O–H groups in total. The maximum absolute atomic E-state index is 11.4. The van der Waals surface area contributed by atoms with Crippen molar-refractivity contribution in [3.63, 3.8) is 0 Å². The van der Waals surface area contributed by atoms with Crippen LogP contribution in [-0.4, -0.2) is 48.6 Å². The third-order valence-electron chi connectivity index (χ3n) is 4.80. The van der Waals surface area contributed by atoms with Gasteiger partial charge in [0.05, 0.1) is 12.5 Å². The average molecular weight is 424 g/mol. The van der Waals surface area contributed by atoms with Gasteiger partial charge < -0.3 is 25.4 Å². The van der Waals surface area contributed by atoms with Gasteiger partial charge in [0.2, 0.25) is 0 Å². The molecular weight excluding hydrogens is 386 g/mol. The zero-order chi connectivity index (χ0) is 21.6. The molecule has 0 aliphatic heterocycles. The molecule has 7 heteroatoms. The van der Waals surface area contributed by atoms with Crippen LogP contribution >= 0.6 is 11.8 Å². The number of nitrogens with one attached hydrogen (secondary N) is 2. The van der Waals surface area contributed by atoms with E-state index in [1.807, 2.05) is 18.4 Å². The first-order valence-electron chi connectivity index (χ1n) is 10.3. The lowest BCUT2D eigenvalue weighted by Gasteiger charge is -2.28. The molecule has 0 aromatic rings. The minimum Gasteiger partial charge on any atom is -0.494 e. The number of carboxylic acid groups (broad SMARTS) is 1. The molecule has 0 spiro atoms. The topological polar surface area (TPSA) is 73.8 Å². The van der Waals surface area contributed by atoms with Crippen LogP contribution in [0.4, 0.5) is 0 Å². The monoisotopic (exact) mass is 423 g/mol. The minimum atomic E-state index is -0.816. The normalized spacial score (nSPS) is 15.5. The number of rotatable bonds is 14. The molecule has 164 valence electrons. The highest BCUT2D eigenvalue weighted by molar-refractivity contribution is 8.02. The Bertz CT molecular complexity index is 641. The first kappa shape index (κ1) is 25.0. The number of thioether (sulfide) groups is 1. The number of carboxylic acids is 1. The van der Waals surface area contributed by atoms with Crippen molar-refractivity contribution >= 4 is 17.7 Å². The van der Waals surface area contributed by atoms with Crippen LogP contribution < -0.4 is 10.6 Å². The molecule has 0 aromatic carbocycles. The van der Waals surface area contributed by atoms with Crippen LogP contribution in [0.3, 0.4) is 0 Å². The number of nitrogens with zero attached hydrogens (tertiary/aromatic N) is 1. The van der Waals surface area contributed by atoms with E-state index in [0.29, 0.717) is 12.3 Å². The number of unbranched alkanes of at least 4 members (excludes halogenated alkanes) is 2. The Kier molecular flexibility index (Phi) is 12.1. The van der Waals surface area contributed by atoms with Crippen LogP contribution in [0, 0.1) is 0 Å². The molecule has 0 heterocycles. The van der Waals surface area contributed by atoms with Gasteiger partial charge in [-0.2, -0.15) is 0 Å². The number of allylic oxidation sites excluding steroid dienone is 4. The number of hydrogen-bond donors (Lipinski definition) is 3. The molecule has 0 saturated heterocycles. The zero-order valence-electron chi connectivity index (χ0n) is 18.5. The summed E-state index contributed by atoms with van der Waals surface area (Å²) in [5, 5.41) is 17.8. The van der Waals surface area contributed by atoms with Gasteiger partial charge in [-0.05, 0) is 43.9 Å². The van der Waals surface area contributed by atoms with Crippen molar-refractivity contribution in [3.05, 3.63) is 46.5 Å². The summed E-state index contributed by atoms with van der Waals surface area (Å²) in [6.45, 7) is 6.94. The van der Waals surface area contributed by atoms with Gasteiger partial charge in [-0.25, -0.2) is 4.79 Å². The first-order valence-corrected chi connectivity index (χ1v) is 11.4. The predicted molar refractivity (Wildman–Crippen MR) is 122 cm³/mol. The Balaban J connectivity index is 2.53. The summed E-state index contributed by atoms with van der Waals surface area (Å²) < 4.78 is 5.93. The molecule has 0 saturated carbocycles. The number of likely N-dealkylation sites (N-methyl/N-ethyl adjacent to an activating group) is 1. The Hall–Kier alpha value is -2.02. The van der Waals surface area contributed by atoms with E-state index in [1.165, 1.54) is 18.4 Å². The highest BCUT2D eigenvalue weighted by atomic mass is 32.2. The third-order valence-corrected chi connectivity index (χ3v) is 5.50. The van der Waals surface area contributed by atoms with Gasteiger partial charge in [-0.3, -0.25) is 0 Å². The van der Waals surface area contributed by atoms with Gasteiger partial charge in [0.15, 0.2) is 0 Å².